The van der Waals surface area contributed by atoms with Gasteiger partial charge in [-0.3, -0.25) is 4.79 Å². The van der Waals surface area contributed by atoms with Crippen LogP contribution in [0, 0.1) is 11.7 Å². The zero-order valence-electron chi connectivity index (χ0n) is 12.6. The lowest BCUT2D eigenvalue weighted by atomic mass is 10.0. The number of benzene rings is 1. The second kappa shape index (κ2) is 7.73. The molecular weight excluding hydrogens is 277 g/mol. The summed E-state index contributed by atoms with van der Waals surface area (Å²) in [6, 6.07) is 3.74. The van der Waals surface area contributed by atoms with Crippen molar-refractivity contribution in [3.63, 3.8) is 0 Å². The molecule has 5 nitrogen and oxygen atoms in total. The second-order valence-electron chi connectivity index (χ2n) is 4.93. The molecule has 1 atom stereocenters. The molecule has 1 rings (SSSR count). The van der Waals surface area contributed by atoms with Crippen LogP contribution in [0.4, 0.5) is 4.39 Å². The van der Waals surface area contributed by atoms with Gasteiger partial charge < -0.3 is 14.8 Å². The van der Waals surface area contributed by atoms with E-state index in [0.717, 1.165) is 0 Å². The van der Waals surface area contributed by atoms with Crippen LogP contribution in [0.5, 0.6) is 0 Å². The molecule has 0 aliphatic carbocycles. The van der Waals surface area contributed by atoms with Crippen LogP contribution in [-0.4, -0.2) is 32.2 Å². The molecule has 1 unspecified atom stereocenters. The first kappa shape index (κ1) is 17.1. The maximum Gasteiger partial charge on any atom is 0.340 e. The maximum atomic E-state index is 13.8. The van der Waals surface area contributed by atoms with Gasteiger partial charge in [0.2, 0.25) is 0 Å². The lowest BCUT2D eigenvalue weighted by Crippen LogP contribution is -2.41. The van der Waals surface area contributed by atoms with E-state index in [9.17, 15) is 14.0 Å². The third-order valence-corrected chi connectivity index (χ3v) is 3.09. The van der Waals surface area contributed by atoms with Gasteiger partial charge in [0.25, 0.3) is 0 Å². The van der Waals surface area contributed by atoms with Crippen molar-refractivity contribution in [2.75, 3.05) is 14.2 Å². The van der Waals surface area contributed by atoms with Gasteiger partial charge in [0.05, 0.1) is 19.8 Å². The van der Waals surface area contributed by atoms with E-state index in [1.54, 1.807) is 6.07 Å². The van der Waals surface area contributed by atoms with Crippen LogP contribution < -0.4 is 5.32 Å². The molecule has 6 heteroatoms. The Hall–Kier alpha value is -1.95. The van der Waals surface area contributed by atoms with Crippen molar-refractivity contribution in [1.82, 2.24) is 5.32 Å². The lowest BCUT2D eigenvalue weighted by Gasteiger charge is -2.20. The van der Waals surface area contributed by atoms with E-state index < -0.39 is 17.8 Å². The molecule has 0 saturated heterocycles. The molecule has 0 aliphatic rings. The molecule has 0 fully saturated rings. The number of nitrogens with one attached hydrogen (secondary N) is 1. The number of esters is 2. The molecular formula is C15H20FNO4. The SMILES string of the molecule is COC(=O)c1ccc(CNC(C(=O)OC)C(C)C)cc1F. The topological polar surface area (TPSA) is 64.6 Å². The molecule has 0 saturated carbocycles. The molecule has 116 valence electrons. The molecule has 0 radical (unpaired) electrons. The van der Waals surface area contributed by atoms with Gasteiger partial charge in [0, 0.05) is 6.54 Å². The average Bonchev–Trinajstić information content (AvgIpc) is 2.46. The van der Waals surface area contributed by atoms with Gasteiger partial charge in [0.15, 0.2) is 0 Å². The maximum absolute atomic E-state index is 13.8. The van der Waals surface area contributed by atoms with E-state index in [2.05, 4.69) is 10.1 Å². The van der Waals surface area contributed by atoms with E-state index in [0.29, 0.717) is 5.56 Å². The van der Waals surface area contributed by atoms with Crippen LogP contribution in [0.3, 0.4) is 0 Å². The monoisotopic (exact) mass is 297 g/mol. The predicted molar refractivity (Wildman–Crippen MR) is 75.2 cm³/mol. The van der Waals surface area contributed by atoms with Crippen molar-refractivity contribution < 1.29 is 23.5 Å². The third kappa shape index (κ3) is 4.53. The molecule has 0 heterocycles. The van der Waals surface area contributed by atoms with Gasteiger partial charge in [-0.15, -0.1) is 0 Å². The summed E-state index contributed by atoms with van der Waals surface area (Å²) in [6.45, 7) is 4.06. The highest BCUT2D eigenvalue weighted by Gasteiger charge is 2.22. The standard InChI is InChI=1S/C15H20FNO4/c1-9(2)13(15(19)21-4)17-8-10-5-6-11(12(16)7-10)14(18)20-3/h5-7,9,13,17H,8H2,1-4H3. The summed E-state index contributed by atoms with van der Waals surface area (Å²) >= 11 is 0. The number of methoxy groups -OCH3 is 2. The Morgan fingerprint density at radius 1 is 1.24 bits per heavy atom. The largest absolute Gasteiger partial charge is 0.468 e. The zero-order valence-corrected chi connectivity index (χ0v) is 12.6. The van der Waals surface area contributed by atoms with Crippen LogP contribution in [0.1, 0.15) is 29.8 Å². The Morgan fingerprint density at radius 3 is 2.38 bits per heavy atom. The Balaban J connectivity index is 2.78. The van der Waals surface area contributed by atoms with Gasteiger partial charge in [-0.2, -0.15) is 0 Å². The fourth-order valence-corrected chi connectivity index (χ4v) is 1.89. The van der Waals surface area contributed by atoms with Crippen molar-refractivity contribution >= 4 is 11.9 Å². The van der Waals surface area contributed by atoms with Gasteiger partial charge >= 0.3 is 11.9 Å². The van der Waals surface area contributed by atoms with Gasteiger partial charge in [-0.05, 0) is 23.6 Å². The first-order valence-electron chi connectivity index (χ1n) is 6.58. The number of carbonyl (C=O) groups excluding carboxylic acids is 2. The Morgan fingerprint density at radius 2 is 1.90 bits per heavy atom. The predicted octanol–water partition coefficient (Wildman–Crippen LogP) is 1.90. The number of halogens is 1. The molecule has 0 aromatic heterocycles. The van der Waals surface area contributed by atoms with E-state index in [1.165, 1.54) is 26.4 Å². The van der Waals surface area contributed by atoms with Crippen molar-refractivity contribution in [2.24, 2.45) is 5.92 Å². The normalized spacial score (nSPS) is 12.1. The summed E-state index contributed by atoms with van der Waals surface area (Å²) in [4.78, 5) is 22.9. The summed E-state index contributed by atoms with van der Waals surface area (Å²) in [7, 11) is 2.52. The summed E-state index contributed by atoms with van der Waals surface area (Å²) in [5.74, 6) is -1.70. The fourth-order valence-electron chi connectivity index (χ4n) is 1.89. The number of ether oxygens (including phenoxy) is 2. The Labute approximate surface area is 123 Å². The Bertz CT molecular complexity index is 516. The van der Waals surface area contributed by atoms with Crippen molar-refractivity contribution in [1.29, 1.82) is 0 Å². The van der Waals surface area contributed by atoms with Crippen LogP contribution in [0.25, 0.3) is 0 Å². The average molecular weight is 297 g/mol. The second-order valence-corrected chi connectivity index (χ2v) is 4.93. The van der Waals surface area contributed by atoms with Crippen molar-refractivity contribution in [2.45, 2.75) is 26.4 Å². The third-order valence-electron chi connectivity index (χ3n) is 3.09. The number of rotatable bonds is 6. The minimum absolute atomic E-state index is 0.0386. The minimum Gasteiger partial charge on any atom is -0.468 e. The van der Waals surface area contributed by atoms with Gasteiger partial charge in [-0.1, -0.05) is 19.9 Å². The first-order chi connectivity index (χ1) is 9.90. The van der Waals surface area contributed by atoms with Crippen LogP contribution >= 0.6 is 0 Å². The van der Waals surface area contributed by atoms with Gasteiger partial charge in [0.1, 0.15) is 11.9 Å². The minimum atomic E-state index is -0.721. The quantitative estimate of drug-likeness (QED) is 0.812. The van der Waals surface area contributed by atoms with Gasteiger partial charge in [-0.25, -0.2) is 9.18 Å². The zero-order chi connectivity index (χ0) is 16.0. The molecule has 21 heavy (non-hydrogen) atoms. The molecule has 0 bridgehead atoms. The molecule has 0 amide bonds. The summed E-state index contributed by atoms with van der Waals surface area (Å²) < 4.78 is 23.0. The molecule has 1 aromatic rings. The van der Waals surface area contributed by atoms with Crippen LogP contribution in [-0.2, 0) is 20.8 Å². The van der Waals surface area contributed by atoms with Crippen LogP contribution in [0.15, 0.2) is 18.2 Å². The van der Waals surface area contributed by atoms with E-state index in [-0.39, 0.29) is 24.0 Å². The number of hydrogen-bond donors (Lipinski definition) is 1. The van der Waals surface area contributed by atoms with E-state index in [1.807, 2.05) is 13.8 Å². The van der Waals surface area contributed by atoms with E-state index >= 15 is 0 Å². The highest BCUT2D eigenvalue weighted by Crippen LogP contribution is 2.12. The first-order valence-corrected chi connectivity index (χ1v) is 6.58. The van der Waals surface area contributed by atoms with Crippen LogP contribution in [0.2, 0.25) is 0 Å². The molecule has 1 N–H and O–H groups in total. The summed E-state index contributed by atoms with van der Waals surface area (Å²) in [6.07, 6.45) is 0. The number of carbonyl (C=O) groups is 2. The summed E-state index contributed by atoms with van der Waals surface area (Å²) in [5, 5.41) is 3.02. The Kier molecular flexibility index (Phi) is 6.30. The fraction of sp³-hybridized carbons (Fsp3) is 0.467. The molecule has 0 spiro atoms. The van der Waals surface area contributed by atoms with Crippen molar-refractivity contribution in [3.8, 4) is 0 Å². The van der Waals surface area contributed by atoms with Crippen molar-refractivity contribution in [3.05, 3.63) is 35.1 Å². The smallest absolute Gasteiger partial charge is 0.340 e. The highest BCUT2D eigenvalue weighted by molar-refractivity contribution is 5.89. The van der Waals surface area contributed by atoms with E-state index in [4.69, 9.17) is 4.74 Å². The number of hydrogen-bond acceptors (Lipinski definition) is 5. The lowest BCUT2D eigenvalue weighted by molar-refractivity contribution is -0.144. The molecule has 0 aliphatic heterocycles. The molecule has 1 aromatic carbocycles. The highest BCUT2D eigenvalue weighted by atomic mass is 19.1. The summed E-state index contributed by atoms with van der Waals surface area (Å²) in [5.41, 5.74) is 0.504.